The van der Waals surface area contributed by atoms with E-state index in [-0.39, 0.29) is 25.2 Å². The van der Waals surface area contributed by atoms with E-state index in [1.54, 1.807) is 20.1 Å². The van der Waals surface area contributed by atoms with Crippen LogP contribution in [-0.4, -0.2) is 112 Å². The Labute approximate surface area is 254 Å². The average Bonchev–Trinajstić information content (AvgIpc) is 2.89. The first-order valence-corrected chi connectivity index (χ1v) is 17.3. The molecule has 4 amide bonds. The minimum atomic E-state index is -1.56. The summed E-state index contributed by atoms with van der Waals surface area (Å²) in [6.45, 7) is 3.61. The maximum absolute atomic E-state index is 13.2. The van der Waals surface area contributed by atoms with Gasteiger partial charge in [0.25, 0.3) is 0 Å². The lowest BCUT2D eigenvalue weighted by Gasteiger charge is -2.26. The maximum atomic E-state index is 13.2. The number of nitrogens with two attached hydrogens (primary N) is 1. The van der Waals surface area contributed by atoms with Gasteiger partial charge in [0, 0.05) is 0 Å². The van der Waals surface area contributed by atoms with E-state index in [0.29, 0.717) is 23.7 Å². The normalized spacial score (nSPS) is 14.7. The number of nitrogens with one attached hydrogen (secondary N) is 4. The Morgan fingerprint density at radius 2 is 1.02 bits per heavy atom. The summed E-state index contributed by atoms with van der Waals surface area (Å²) < 4.78 is 0. The first-order valence-electron chi connectivity index (χ1n) is 13.2. The number of hydrogen-bond donors (Lipinski definition) is 7. The van der Waals surface area contributed by atoms with Crippen molar-refractivity contribution in [3.63, 3.8) is 0 Å². The topological polar surface area (TPSA) is 217 Å². The number of carboxylic acids is 2. The van der Waals surface area contributed by atoms with Crippen LogP contribution in [0.3, 0.4) is 0 Å². The maximum Gasteiger partial charge on any atom is 0.326 e. The fourth-order valence-electron chi connectivity index (χ4n) is 3.56. The van der Waals surface area contributed by atoms with Crippen LogP contribution in [0.5, 0.6) is 0 Å². The van der Waals surface area contributed by atoms with Crippen molar-refractivity contribution in [1.82, 2.24) is 21.3 Å². The smallest absolute Gasteiger partial charge is 0.326 e. The molecule has 41 heavy (non-hydrogen) atoms. The van der Waals surface area contributed by atoms with Crippen molar-refractivity contribution in [1.29, 1.82) is 0 Å². The number of rotatable bonds is 22. The summed E-state index contributed by atoms with van der Waals surface area (Å²) in [7, 11) is 0. The van der Waals surface area contributed by atoms with Crippen molar-refractivity contribution < 1.29 is 39.0 Å². The van der Waals surface area contributed by atoms with Crippen LogP contribution in [0.4, 0.5) is 0 Å². The van der Waals surface area contributed by atoms with Gasteiger partial charge in [-0.3, -0.25) is 24.0 Å². The van der Waals surface area contributed by atoms with Gasteiger partial charge in [0.05, 0.1) is 12.5 Å². The zero-order valence-corrected chi connectivity index (χ0v) is 26.7. The van der Waals surface area contributed by atoms with Crippen molar-refractivity contribution in [2.24, 2.45) is 11.7 Å². The summed E-state index contributed by atoms with van der Waals surface area (Å²) in [6, 6.07) is -5.81. The molecule has 0 heterocycles. The fraction of sp³-hybridized carbons (Fsp3) is 0.760. The lowest BCUT2D eigenvalue weighted by Crippen LogP contribution is -2.59. The van der Waals surface area contributed by atoms with Gasteiger partial charge in [0.2, 0.25) is 23.6 Å². The molecule has 8 N–H and O–H groups in total. The Kier molecular flexibility index (Phi) is 20.4. The van der Waals surface area contributed by atoms with Crippen LogP contribution in [0.1, 0.15) is 46.0 Å². The van der Waals surface area contributed by atoms with Crippen molar-refractivity contribution in [3.8, 4) is 0 Å². The van der Waals surface area contributed by atoms with Crippen LogP contribution in [0.25, 0.3) is 0 Å². The van der Waals surface area contributed by atoms with Gasteiger partial charge < -0.3 is 37.2 Å². The SMILES string of the molecule is CSCC[C@H](NC(=O)[C@H](CC(=O)O)NC(=O)[C@H](CCSC)NC(=O)[C@@H](N)CCSC)C(=O)N[C@@H](CC(C)C)C(=O)O. The van der Waals surface area contributed by atoms with Gasteiger partial charge in [-0.1, -0.05) is 13.8 Å². The molecule has 0 saturated heterocycles. The fourth-order valence-corrected chi connectivity index (χ4v) is 4.99. The number of carboxylic acid groups (broad SMARTS) is 2. The Morgan fingerprint density at radius 1 is 0.634 bits per heavy atom. The molecule has 236 valence electrons. The second-order valence-electron chi connectivity index (χ2n) is 9.76. The van der Waals surface area contributed by atoms with Gasteiger partial charge in [-0.15, -0.1) is 0 Å². The molecule has 0 aromatic heterocycles. The third kappa shape index (κ3) is 16.8. The van der Waals surface area contributed by atoms with E-state index in [0.717, 1.165) is 0 Å². The molecule has 0 radical (unpaired) electrons. The number of thioether (sulfide) groups is 3. The average molecular weight is 640 g/mol. The van der Waals surface area contributed by atoms with E-state index in [1.807, 2.05) is 12.5 Å². The summed E-state index contributed by atoms with van der Waals surface area (Å²) in [5, 5.41) is 28.8. The number of carbonyl (C=O) groups excluding carboxylic acids is 4. The van der Waals surface area contributed by atoms with Crippen LogP contribution >= 0.6 is 35.3 Å². The second kappa shape index (κ2) is 21.5. The number of hydrogen-bond acceptors (Lipinski definition) is 10. The van der Waals surface area contributed by atoms with Crippen LogP contribution < -0.4 is 27.0 Å². The monoisotopic (exact) mass is 639 g/mol. The summed E-state index contributed by atoms with van der Waals surface area (Å²) >= 11 is 4.35. The zero-order valence-electron chi connectivity index (χ0n) is 24.3. The number of carbonyl (C=O) groups is 6. The molecular formula is C25H45N5O8S3. The largest absolute Gasteiger partial charge is 0.481 e. The first-order chi connectivity index (χ1) is 19.3. The van der Waals surface area contributed by atoms with Crippen LogP contribution in [0, 0.1) is 5.92 Å². The van der Waals surface area contributed by atoms with E-state index in [2.05, 4.69) is 21.3 Å². The number of amides is 4. The van der Waals surface area contributed by atoms with Gasteiger partial charge in [-0.2, -0.15) is 35.3 Å². The highest BCUT2D eigenvalue weighted by Gasteiger charge is 2.32. The van der Waals surface area contributed by atoms with Crippen LogP contribution in [0.15, 0.2) is 0 Å². The molecule has 0 aliphatic heterocycles. The van der Waals surface area contributed by atoms with E-state index < -0.39 is 72.2 Å². The molecule has 0 rings (SSSR count). The molecule has 5 atom stereocenters. The lowest BCUT2D eigenvalue weighted by atomic mass is 10.0. The van der Waals surface area contributed by atoms with E-state index in [4.69, 9.17) is 5.73 Å². The van der Waals surface area contributed by atoms with Gasteiger partial charge in [-0.25, -0.2) is 4.79 Å². The highest BCUT2D eigenvalue weighted by atomic mass is 32.2. The molecule has 0 bridgehead atoms. The van der Waals surface area contributed by atoms with Crippen molar-refractivity contribution in [2.75, 3.05) is 36.0 Å². The second-order valence-corrected chi connectivity index (χ2v) is 12.7. The first kappa shape index (κ1) is 38.8. The number of aliphatic carboxylic acids is 2. The third-order valence-electron chi connectivity index (χ3n) is 5.79. The minimum absolute atomic E-state index is 0.0228. The molecule has 0 unspecified atom stereocenters. The van der Waals surface area contributed by atoms with Crippen LogP contribution in [0.2, 0.25) is 0 Å². The van der Waals surface area contributed by atoms with Gasteiger partial charge in [0.15, 0.2) is 0 Å². The van der Waals surface area contributed by atoms with E-state index in [9.17, 15) is 39.0 Å². The summed E-state index contributed by atoms with van der Waals surface area (Å²) in [5.74, 6) is -4.00. The predicted molar refractivity (Wildman–Crippen MR) is 164 cm³/mol. The molecule has 0 aromatic carbocycles. The Balaban J connectivity index is 5.77. The third-order valence-corrected chi connectivity index (χ3v) is 7.72. The summed E-state index contributed by atoms with van der Waals surface area (Å²) in [4.78, 5) is 75.0. The van der Waals surface area contributed by atoms with E-state index in [1.165, 1.54) is 35.3 Å². The van der Waals surface area contributed by atoms with Crippen LogP contribution in [-0.2, 0) is 28.8 Å². The van der Waals surface area contributed by atoms with Crippen molar-refractivity contribution in [2.45, 2.75) is 76.2 Å². The Hall–Kier alpha value is -2.17. The quantitative estimate of drug-likeness (QED) is 0.0840. The summed E-state index contributed by atoms with van der Waals surface area (Å²) in [5.41, 5.74) is 5.92. The van der Waals surface area contributed by atoms with E-state index >= 15 is 0 Å². The molecule has 0 aliphatic carbocycles. The molecular weight excluding hydrogens is 595 g/mol. The predicted octanol–water partition coefficient (Wildman–Crippen LogP) is 0.118. The highest BCUT2D eigenvalue weighted by molar-refractivity contribution is 7.98. The van der Waals surface area contributed by atoms with Gasteiger partial charge in [0.1, 0.15) is 24.2 Å². The molecule has 0 saturated carbocycles. The summed E-state index contributed by atoms with van der Waals surface area (Å²) in [6.07, 6.45) is 5.62. The van der Waals surface area contributed by atoms with Gasteiger partial charge >= 0.3 is 11.9 Å². The molecule has 0 spiro atoms. The standard InChI is InChI=1S/C25H45N5O8S3/c1-14(2)12-19(25(37)38)30-23(35)17(8-11-41-5)28-24(36)18(13-20(31)32)29-22(34)16(7-10-40-4)27-21(33)15(26)6-9-39-3/h14-19H,6-13,26H2,1-5H3,(H,27,33)(H,28,36)(H,29,34)(H,30,35)(H,31,32)(H,37,38)/t15-,16-,17-,18-,19-/m0/s1. The van der Waals surface area contributed by atoms with Crippen molar-refractivity contribution >= 4 is 70.9 Å². The van der Waals surface area contributed by atoms with Crippen molar-refractivity contribution in [3.05, 3.63) is 0 Å². The van der Waals surface area contributed by atoms with Gasteiger partial charge in [-0.05, 0) is 67.6 Å². The lowest BCUT2D eigenvalue weighted by molar-refractivity contribution is -0.143. The Morgan fingerprint density at radius 3 is 1.44 bits per heavy atom. The molecule has 0 fully saturated rings. The molecule has 16 heteroatoms. The molecule has 0 aromatic rings. The zero-order chi connectivity index (χ0) is 31.5. The highest BCUT2D eigenvalue weighted by Crippen LogP contribution is 2.09. The molecule has 0 aliphatic rings. The minimum Gasteiger partial charge on any atom is -0.481 e. The molecule has 13 nitrogen and oxygen atoms in total. The Bertz CT molecular complexity index is 880.